The summed E-state index contributed by atoms with van der Waals surface area (Å²) >= 11 is 0. The third kappa shape index (κ3) is 10.3. The molecule has 0 saturated heterocycles. The number of hydrogen-bond acceptors (Lipinski definition) is 1. The molecule has 0 aliphatic carbocycles. The minimum absolute atomic E-state index is 0. The number of aliphatic hydroxyl groups is 1. The second kappa shape index (κ2) is 27.8. The third-order valence-electron chi connectivity index (χ3n) is 0. The minimum Gasteiger partial charge on any atom is -0.400 e. The molecule has 0 unspecified atom stereocenters. The first kappa shape index (κ1) is 18.5. The molecule has 1 nitrogen and oxygen atoms in total. The van der Waals surface area contributed by atoms with Gasteiger partial charge in [0.2, 0.25) is 0 Å². The maximum atomic E-state index is 7.00. The van der Waals surface area contributed by atoms with E-state index in [1.165, 1.54) is 0 Å². The fourth-order valence-corrected chi connectivity index (χ4v) is 0. The van der Waals surface area contributed by atoms with Gasteiger partial charge in [0.15, 0.2) is 0 Å². The fourth-order valence-electron chi connectivity index (χ4n) is 0. The number of aliphatic hydroxyl groups excluding tert-OH is 1. The summed E-state index contributed by atoms with van der Waals surface area (Å²) in [4.78, 5) is 0. The molecule has 0 heterocycles. The Hall–Kier alpha value is 1.30. The molecule has 0 bridgehead atoms. The minimum atomic E-state index is 0. The molecule has 3 heteroatoms. The van der Waals surface area contributed by atoms with Crippen LogP contribution < -0.4 is 0 Å². The Balaban J connectivity index is -0.00000000500. The zero-order valence-corrected chi connectivity index (χ0v) is 5.09. The van der Waals surface area contributed by atoms with Crippen molar-refractivity contribution in [2.75, 3.05) is 7.11 Å². The number of hydrogen-bond donors (Lipinski definition) is 1. The second-order valence-corrected chi connectivity index (χ2v) is 0. The van der Waals surface area contributed by atoms with E-state index < -0.39 is 0 Å². The van der Waals surface area contributed by atoms with E-state index in [0.717, 1.165) is 7.11 Å². The van der Waals surface area contributed by atoms with Crippen LogP contribution in [0.25, 0.3) is 0 Å². The molecule has 0 spiro atoms. The van der Waals surface area contributed by atoms with Crippen LogP contribution in [0.15, 0.2) is 0 Å². The molecule has 0 saturated carbocycles. The Labute approximate surface area is 53.5 Å². The van der Waals surface area contributed by atoms with Crippen LogP contribution in [0, 0.1) is 0 Å². The van der Waals surface area contributed by atoms with Crippen LogP contribution in [0.3, 0.4) is 0 Å². The topological polar surface area (TPSA) is 20.2 Å². The van der Waals surface area contributed by atoms with Gasteiger partial charge in [0.25, 0.3) is 0 Å². The molecule has 0 aromatic heterocycles. The Morgan fingerprint density at radius 2 is 1.25 bits per heavy atom. The Kier molecular flexibility index (Phi) is 129. The van der Waals surface area contributed by atoms with E-state index in [4.69, 9.17) is 5.11 Å². The van der Waals surface area contributed by atoms with Crippen LogP contribution in [0.1, 0.15) is 0 Å². The first-order valence-electron chi connectivity index (χ1n) is 0.447. The van der Waals surface area contributed by atoms with Crippen molar-refractivity contribution < 1.29 is 27.5 Å². The van der Waals surface area contributed by atoms with Crippen molar-refractivity contribution in [2.45, 2.75) is 0 Å². The largest absolute Gasteiger partial charge is 0.400 e. The summed E-state index contributed by atoms with van der Waals surface area (Å²) in [7, 11) is 1.00. The Morgan fingerprint density at radius 3 is 1.25 bits per heavy atom. The van der Waals surface area contributed by atoms with Gasteiger partial charge in [-0.1, -0.05) is 0 Å². The zero-order chi connectivity index (χ0) is 2.00. The summed E-state index contributed by atoms with van der Waals surface area (Å²) in [5.74, 6) is 0. The SMILES string of the molecule is CO.[Li].[Nb]. The summed E-state index contributed by atoms with van der Waals surface area (Å²) < 4.78 is 0. The van der Waals surface area contributed by atoms with Gasteiger partial charge < -0.3 is 5.11 Å². The van der Waals surface area contributed by atoms with Crippen LogP contribution in [-0.4, -0.2) is 31.1 Å². The normalized spacial score (nSPS) is 1.50. The fraction of sp³-hybridized carbons (Fsp3) is 1.00. The van der Waals surface area contributed by atoms with E-state index in [1.807, 2.05) is 0 Å². The standard InChI is InChI=1S/CH4O.Li.Nb/c1-2;;/h2H,1H3;;. The molecular weight excluding hydrogens is 128 g/mol. The molecule has 20 valence electrons. The van der Waals surface area contributed by atoms with E-state index in [0.29, 0.717) is 0 Å². The molecular formula is CH4LiNbO. The van der Waals surface area contributed by atoms with Gasteiger partial charge in [-0.3, -0.25) is 0 Å². The molecule has 4 heavy (non-hydrogen) atoms. The van der Waals surface area contributed by atoms with Crippen LogP contribution in [0.5, 0.6) is 0 Å². The smallest absolute Gasteiger partial charge is 0.0319 e. The molecule has 0 amide bonds. The Morgan fingerprint density at radius 1 is 1.25 bits per heavy atom. The van der Waals surface area contributed by atoms with E-state index in [2.05, 4.69) is 0 Å². The van der Waals surface area contributed by atoms with Crippen molar-refractivity contribution in [1.29, 1.82) is 0 Å². The predicted molar refractivity (Wildman–Crippen MR) is 13.9 cm³/mol. The van der Waals surface area contributed by atoms with Gasteiger partial charge in [-0.15, -0.1) is 0 Å². The quantitative estimate of drug-likeness (QED) is 0.429. The van der Waals surface area contributed by atoms with Crippen molar-refractivity contribution in [1.82, 2.24) is 0 Å². The van der Waals surface area contributed by atoms with Gasteiger partial charge in [0, 0.05) is 48.4 Å². The van der Waals surface area contributed by atoms with Gasteiger partial charge in [0.1, 0.15) is 0 Å². The van der Waals surface area contributed by atoms with Gasteiger partial charge >= 0.3 is 0 Å². The van der Waals surface area contributed by atoms with Gasteiger partial charge in [-0.25, -0.2) is 0 Å². The average molecular weight is 132 g/mol. The first-order valence-corrected chi connectivity index (χ1v) is 0.447. The molecule has 0 fully saturated rings. The van der Waals surface area contributed by atoms with Crippen LogP contribution in [-0.2, 0) is 22.4 Å². The summed E-state index contributed by atoms with van der Waals surface area (Å²) in [5, 5.41) is 7.00. The average Bonchev–Trinajstić information content (AvgIpc) is 1.00. The molecule has 0 aliphatic rings. The van der Waals surface area contributed by atoms with Crippen LogP contribution in [0.2, 0.25) is 0 Å². The van der Waals surface area contributed by atoms with Gasteiger partial charge in [0.05, 0.1) is 0 Å². The van der Waals surface area contributed by atoms with E-state index in [-0.39, 0.29) is 41.2 Å². The maximum Gasteiger partial charge on any atom is 0.0319 e. The molecule has 0 aromatic rings. The molecule has 1 N–H and O–H groups in total. The van der Waals surface area contributed by atoms with Crippen LogP contribution >= 0.6 is 0 Å². The summed E-state index contributed by atoms with van der Waals surface area (Å²) in [6.07, 6.45) is 0. The zero-order valence-electron chi connectivity index (χ0n) is 2.89. The second-order valence-electron chi connectivity index (χ2n) is 0. The molecule has 0 rings (SSSR count). The van der Waals surface area contributed by atoms with E-state index >= 15 is 0 Å². The monoisotopic (exact) mass is 132 g/mol. The third-order valence-corrected chi connectivity index (χ3v) is 0. The van der Waals surface area contributed by atoms with E-state index in [1.54, 1.807) is 0 Å². The van der Waals surface area contributed by atoms with Crippen molar-refractivity contribution in [3.63, 3.8) is 0 Å². The van der Waals surface area contributed by atoms with Gasteiger partial charge in [-0.2, -0.15) is 0 Å². The molecule has 0 aliphatic heterocycles. The van der Waals surface area contributed by atoms with Crippen molar-refractivity contribution in [3.05, 3.63) is 0 Å². The molecule has 0 aromatic carbocycles. The Bertz CT molecular complexity index is 8.00. The summed E-state index contributed by atoms with van der Waals surface area (Å²) in [6.45, 7) is 0. The van der Waals surface area contributed by atoms with Crippen molar-refractivity contribution >= 4 is 18.9 Å². The molecule has 2 radical (unpaired) electrons. The summed E-state index contributed by atoms with van der Waals surface area (Å²) in [6, 6.07) is 0. The van der Waals surface area contributed by atoms with E-state index in [9.17, 15) is 0 Å². The maximum absolute atomic E-state index is 7.00. The predicted octanol–water partition coefficient (Wildman–Crippen LogP) is -0.775. The van der Waals surface area contributed by atoms with Gasteiger partial charge in [-0.05, 0) is 0 Å². The van der Waals surface area contributed by atoms with Crippen molar-refractivity contribution in [2.24, 2.45) is 0 Å². The summed E-state index contributed by atoms with van der Waals surface area (Å²) in [5.41, 5.74) is 0. The molecule has 0 atom stereocenters. The van der Waals surface area contributed by atoms with Crippen LogP contribution in [0.4, 0.5) is 0 Å². The number of rotatable bonds is 0. The van der Waals surface area contributed by atoms with Crippen molar-refractivity contribution in [3.8, 4) is 0 Å². The first-order chi connectivity index (χ1) is 1.00.